The van der Waals surface area contributed by atoms with E-state index in [1.165, 1.54) is 6.92 Å². The van der Waals surface area contributed by atoms with Crippen LogP contribution in [0.4, 0.5) is 0 Å². The van der Waals surface area contributed by atoms with Gasteiger partial charge >= 0.3 is 11.9 Å². The minimum absolute atomic E-state index is 0.0311. The smallest absolute Gasteiger partial charge is 0.327 e. The van der Waals surface area contributed by atoms with Crippen LogP contribution < -0.4 is 33.2 Å². The summed E-state index contributed by atoms with van der Waals surface area (Å²) in [5, 5.41) is 34.2. The number of hydrogen-bond donors (Lipinski definition) is 10. The summed E-state index contributed by atoms with van der Waals surface area (Å²) in [5.41, 5.74) is 16.0. The fraction of sp³-hybridized carbons (Fsp3) is 0.647. The second kappa shape index (κ2) is 14.9. The lowest BCUT2D eigenvalue weighted by Crippen LogP contribution is -2.58. The number of carboxylic acid groups (broad SMARTS) is 2. The molecule has 5 atom stereocenters. The minimum Gasteiger partial charge on any atom is -0.481 e. The number of aliphatic imine (C=N–C) groups is 1. The van der Waals surface area contributed by atoms with Crippen molar-refractivity contribution in [3.05, 3.63) is 0 Å². The molecule has 0 aliphatic carbocycles. The topological polar surface area (TPSA) is 273 Å². The van der Waals surface area contributed by atoms with Crippen LogP contribution in [0.25, 0.3) is 0 Å². The maximum absolute atomic E-state index is 12.8. The van der Waals surface area contributed by atoms with Gasteiger partial charge in [-0.25, -0.2) is 4.79 Å². The van der Waals surface area contributed by atoms with Gasteiger partial charge in [-0.15, -0.1) is 0 Å². The van der Waals surface area contributed by atoms with E-state index < -0.39 is 66.4 Å². The Kier molecular flexibility index (Phi) is 13.5. The molecule has 0 fully saturated rings. The number of nitrogens with one attached hydrogen (secondary N) is 3. The summed E-state index contributed by atoms with van der Waals surface area (Å²) in [6, 6.07) is -5.73. The van der Waals surface area contributed by atoms with Gasteiger partial charge in [-0.05, 0) is 19.8 Å². The lowest BCUT2D eigenvalue weighted by molar-refractivity contribution is -0.143. The summed E-state index contributed by atoms with van der Waals surface area (Å²) < 4.78 is 0. The first kappa shape index (κ1) is 29.9. The third-order valence-corrected chi connectivity index (χ3v) is 4.57. The Morgan fingerprint density at radius 3 is 1.91 bits per heavy atom. The minimum atomic E-state index is -1.65. The number of hydrogen-bond acceptors (Lipinski definition) is 9. The number of carbonyl (C=O) groups excluding carboxylic acids is 3. The lowest BCUT2D eigenvalue weighted by atomic mass is 10.1. The third-order valence-electron chi connectivity index (χ3n) is 4.21. The van der Waals surface area contributed by atoms with Crippen molar-refractivity contribution in [3.63, 3.8) is 0 Å². The van der Waals surface area contributed by atoms with Crippen molar-refractivity contribution in [2.24, 2.45) is 22.2 Å². The molecule has 0 aliphatic rings. The van der Waals surface area contributed by atoms with Gasteiger partial charge in [-0.3, -0.25) is 24.2 Å². The van der Waals surface area contributed by atoms with Gasteiger partial charge in [-0.1, -0.05) is 0 Å². The van der Waals surface area contributed by atoms with Gasteiger partial charge < -0.3 is 48.5 Å². The summed E-state index contributed by atoms with van der Waals surface area (Å²) >= 11 is 3.80. The zero-order valence-corrected chi connectivity index (χ0v) is 18.8. The highest BCUT2D eigenvalue weighted by atomic mass is 32.1. The second-order valence-corrected chi connectivity index (χ2v) is 7.38. The van der Waals surface area contributed by atoms with Crippen molar-refractivity contribution in [2.45, 2.75) is 56.5 Å². The molecule has 16 heteroatoms. The van der Waals surface area contributed by atoms with Gasteiger partial charge in [0.05, 0.1) is 12.5 Å². The number of nitrogens with zero attached hydrogens (tertiary/aromatic N) is 1. The molecule has 15 nitrogen and oxygen atoms in total. The molecule has 0 aromatic rings. The molecular formula is C17H31N7O8S. The van der Waals surface area contributed by atoms with Gasteiger partial charge in [0.15, 0.2) is 5.96 Å². The average molecular weight is 494 g/mol. The predicted octanol–water partition coefficient (Wildman–Crippen LogP) is -4.31. The van der Waals surface area contributed by atoms with Gasteiger partial charge in [0.1, 0.15) is 24.2 Å². The summed E-state index contributed by atoms with van der Waals surface area (Å²) in [5.74, 6) is -6.20. The Morgan fingerprint density at radius 1 is 0.939 bits per heavy atom. The Balaban J connectivity index is 5.54. The highest BCUT2D eigenvalue weighted by molar-refractivity contribution is 7.80. The van der Waals surface area contributed by atoms with Gasteiger partial charge in [0.25, 0.3) is 0 Å². The van der Waals surface area contributed by atoms with Crippen molar-refractivity contribution >= 4 is 48.2 Å². The number of aliphatic hydroxyl groups excluding tert-OH is 1. The van der Waals surface area contributed by atoms with E-state index in [2.05, 4.69) is 33.6 Å². The van der Waals surface area contributed by atoms with Crippen LogP contribution in [0.15, 0.2) is 4.99 Å². The first-order chi connectivity index (χ1) is 15.3. The molecule has 0 heterocycles. The van der Waals surface area contributed by atoms with Gasteiger partial charge in [-0.2, -0.15) is 12.6 Å². The second-order valence-electron chi connectivity index (χ2n) is 7.02. The predicted molar refractivity (Wildman–Crippen MR) is 119 cm³/mol. The van der Waals surface area contributed by atoms with Crippen molar-refractivity contribution in [3.8, 4) is 0 Å². The van der Waals surface area contributed by atoms with Crippen molar-refractivity contribution in [2.75, 3.05) is 12.3 Å². The summed E-state index contributed by atoms with van der Waals surface area (Å²) in [6.07, 6.45) is -1.92. The van der Waals surface area contributed by atoms with Gasteiger partial charge in [0.2, 0.25) is 17.7 Å². The molecule has 0 rings (SSSR count). The SMILES string of the molecule is CC(O)C(N)C(=O)NC(CCCN=C(N)N)C(=O)NC(CC(=O)O)C(=O)NC(CS)C(=O)O. The third kappa shape index (κ3) is 11.9. The normalized spacial score (nSPS) is 15.2. The molecule has 0 radical (unpaired) electrons. The van der Waals surface area contributed by atoms with Crippen LogP contribution in [0.2, 0.25) is 0 Å². The monoisotopic (exact) mass is 493 g/mol. The fourth-order valence-electron chi connectivity index (χ4n) is 2.37. The van der Waals surface area contributed by atoms with E-state index in [4.69, 9.17) is 27.4 Å². The molecule has 12 N–H and O–H groups in total. The highest BCUT2D eigenvalue weighted by Crippen LogP contribution is 2.04. The number of nitrogens with two attached hydrogens (primary N) is 3. The number of carboxylic acids is 2. The molecule has 3 amide bonds. The molecule has 0 aliphatic heterocycles. The van der Waals surface area contributed by atoms with E-state index in [1.54, 1.807) is 0 Å². The van der Waals surface area contributed by atoms with Crippen LogP contribution in [-0.2, 0) is 24.0 Å². The first-order valence-corrected chi connectivity index (χ1v) is 10.4. The van der Waals surface area contributed by atoms with Crippen LogP contribution >= 0.6 is 12.6 Å². The maximum Gasteiger partial charge on any atom is 0.327 e. The van der Waals surface area contributed by atoms with Crippen LogP contribution in [0.3, 0.4) is 0 Å². The summed E-state index contributed by atoms with van der Waals surface area (Å²) in [4.78, 5) is 63.4. The van der Waals surface area contributed by atoms with Crippen molar-refractivity contribution < 1.29 is 39.3 Å². The molecule has 0 bridgehead atoms. The highest BCUT2D eigenvalue weighted by Gasteiger charge is 2.31. The molecule has 5 unspecified atom stereocenters. The standard InChI is InChI=1S/C17H31N7O8S/c1-7(25)12(18)15(30)22-8(3-2-4-21-17(19)20)13(28)23-9(5-11(26)27)14(29)24-10(6-33)16(31)32/h7-10,12,25,33H,2-6,18H2,1H3,(H,22,30)(H,23,28)(H,24,29)(H,26,27)(H,31,32)(H4,19,20,21). The number of amides is 3. The molecule has 188 valence electrons. The summed E-state index contributed by atoms with van der Waals surface area (Å²) in [7, 11) is 0. The number of rotatable bonds is 15. The molecule has 0 aromatic carbocycles. The molecule has 0 aromatic heterocycles. The number of carbonyl (C=O) groups is 5. The van der Waals surface area contributed by atoms with Crippen LogP contribution in [0.1, 0.15) is 26.2 Å². The van der Waals surface area contributed by atoms with E-state index in [1.807, 2.05) is 0 Å². The average Bonchev–Trinajstić information content (AvgIpc) is 2.71. The molecule has 33 heavy (non-hydrogen) atoms. The maximum atomic E-state index is 12.8. The Bertz CT molecular complexity index is 745. The molecular weight excluding hydrogens is 462 g/mol. The van der Waals surface area contributed by atoms with Crippen LogP contribution in [0.5, 0.6) is 0 Å². The zero-order valence-electron chi connectivity index (χ0n) is 17.9. The van der Waals surface area contributed by atoms with E-state index in [-0.39, 0.29) is 31.1 Å². The zero-order chi connectivity index (χ0) is 25.7. The van der Waals surface area contributed by atoms with Crippen molar-refractivity contribution in [1.82, 2.24) is 16.0 Å². The number of thiol groups is 1. The van der Waals surface area contributed by atoms with E-state index in [9.17, 15) is 29.1 Å². The number of guanidine groups is 1. The van der Waals surface area contributed by atoms with Crippen LogP contribution in [-0.4, -0.2) is 93.5 Å². The van der Waals surface area contributed by atoms with Crippen molar-refractivity contribution in [1.29, 1.82) is 0 Å². The van der Waals surface area contributed by atoms with Gasteiger partial charge in [0, 0.05) is 12.3 Å². The Hall–Kier alpha value is -3.11. The van der Waals surface area contributed by atoms with Crippen LogP contribution in [0, 0.1) is 0 Å². The Morgan fingerprint density at radius 2 is 1.45 bits per heavy atom. The summed E-state index contributed by atoms with van der Waals surface area (Å²) in [6.45, 7) is 1.37. The van der Waals surface area contributed by atoms with E-state index in [0.717, 1.165) is 0 Å². The molecule has 0 spiro atoms. The fourth-order valence-corrected chi connectivity index (χ4v) is 2.62. The molecule has 0 saturated heterocycles. The lowest BCUT2D eigenvalue weighted by Gasteiger charge is -2.24. The van der Waals surface area contributed by atoms with E-state index in [0.29, 0.717) is 0 Å². The number of aliphatic carboxylic acids is 2. The Labute approximate surface area is 194 Å². The van der Waals surface area contributed by atoms with E-state index >= 15 is 0 Å². The largest absolute Gasteiger partial charge is 0.481 e. The quantitative estimate of drug-likeness (QED) is 0.0451. The first-order valence-electron chi connectivity index (χ1n) is 9.75. The number of aliphatic hydroxyl groups is 1. The molecule has 0 saturated carbocycles.